The maximum Gasteiger partial charge on any atom is 0.119 e. The van der Waals surface area contributed by atoms with Crippen molar-refractivity contribution < 1.29 is 17.1 Å². The Bertz CT molecular complexity index is 276. The third-order valence-electron chi connectivity index (χ3n) is 2.02. The molecule has 0 unspecified atom stereocenters. The van der Waals surface area contributed by atoms with Gasteiger partial charge in [-0.25, -0.2) is 0 Å². The molecule has 86 valence electrons. The van der Waals surface area contributed by atoms with Gasteiger partial charge in [0.2, 0.25) is 0 Å². The summed E-state index contributed by atoms with van der Waals surface area (Å²) >= 11 is 0. The van der Waals surface area contributed by atoms with Gasteiger partial charge < -0.3 is 22.5 Å². The number of rotatable bonds is 5. The predicted octanol–water partition coefficient (Wildman–Crippen LogP) is -0.555. The smallest absolute Gasteiger partial charge is 0.119 e. The Hall–Kier alpha value is -0.730. The minimum absolute atomic E-state index is 0. The molecule has 3 heteroatoms. The highest BCUT2D eigenvalue weighted by Crippen LogP contribution is 2.12. The van der Waals surface area contributed by atoms with E-state index in [4.69, 9.17) is 4.74 Å². The van der Waals surface area contributed by atoms with Crippen LogP contribution in [0.3, 0.4) is 0 Å². The van der Waals surface area contributed by atoms with Gasteiger partial charge in [-0.2, -0.15) is 0 Å². The average Bonchev–Trinajstić information content (AvgIpc) is 2.18. The van der Waals surface area contributed by atoms with Gasteiger partial charge in [-0.1, -0.05) is 26.0 Å². The van der Waals surface area contributed by atoms with Gasteiger partial charge in [0, 0.05) is 6.54 Å². The Morgan fingerprint density at radius 1 is 1.33 bits per heavy atom. The molecular formula is C12H19ClNO-. The highest BCUT2D eigenvalue weighted by Gasteiger charge is 1.96. The maximum absolute atomic E-state index is 5.15. The van der Waals surface area contributed by atoms with Crippen LogP contribution in [-0.4, -0.2) is 13.7 Å². The fourth-order valence-corrected chi connectivity index (χ4v) is 1.29. The Kier molecular flexibility index (Phi) is 7.18. The van der Waals surface area contributed by atoms with E-state index in [-0.39, 0.29) is 12.4 Å². The van der Waals surface area contributed by atoms with Gasteiger partial charge >= 0.3 is 0 Å². The van der Waals surface area contributed by atoms with Crippen LogP contribution in [0.25, 0.3) is 0 Å². The standard InChI is InChI=1S/C12H19NO.ClH/c1-10(2)8-13-9-11-5-4-6-12(7-11)14-3;/h4-7,10,13H,8-9H2,1-3H3;1H/p-1. The molecule has 0 atom stereocenters. The first-order valence-electron chi connectivity index (χ1n) is 5.06. The van der Waals surface area contributed by atoms with E-state index in [1.807, 2.05) is 12.1 Å². The molecule has 0 saturated heterocycles. The molecule has 0 aliphatic carbocycles. The number of methoxy groups -OCH3 is 1. The minimum Gasteiger partial charge on any atom is -1.00 e. The summed E-state index contributed by atoms with van der Waals surface area (Å²) in [5.74, 6) is 1.62. The van der Waals surface area contributed by atoms with Crippen molar-refractivity contribution in [3.05, 3.63) is 29.8 Å². The van der Waals surface area contributed by atoms with E-state index in [2.05, 4.69) is 31.3 Å². The lowest BCUT2D eigenvalue weighted by atomic mass is 10.2. The average molecular weight is 229 g/mol. The summed E-state index contributed by atoms with van der Waals surface area (Å²) in [6, 6.07) is 8.15. The van der Waals surface area contributed by atoms with Crippen molar-refractivity contribution >= 4 is 0 Å². The van der Waals surface area contributed by atoms with Crippen LogP contribution in [0, 0.1) is 5.92 Å². The Labute approximate surface area is 98.4 Å². The highest BCUT2D eigenvalue weighted by molar-refractivity contribution is 5.28. The summed E-state index contributed by atoms with van der Waals surface area (Å²) in [5.41, 5.74) is 1.27. The number of ether oxygens (including phenoxy) is 1. The van der Waals surface area contributed by atoms with Crippen LogP contribution < -0.4 is 22.5 Å². The van der Waals surface area contributed by atoms with Gasteiger partial charge in [-0.3, -0.25) is 0 Å². The molecule has 0 fully saturated rings. The van der Waals surface area contributed by atoms with Gasteiger partial charge in [-0.15, -0.1) is 0 Å². The second-order valence-electron chi connectivity index (χ2n) is 3.88. The van der Waals surface area contributed by atoms with E-state index in [1.54, 1.807) is 7.11 Å². The van der Waals surface area contributed by atoms with Crippen LogP contribution in [0.4, 0.5) is 0 Å². The SMILES string of the molecule is COc1cccc(CNCC(C)C)c1.[Cl-]. The first-order valence-corrected chi connectivity index (χ1v) is 5.06. The van der Waals surface area contributed by atoms with E-state index in [1.165, 1.54) is 5.56 Å². The number of hydrogen-bond donors (Lipinski definition) is 1. The van der Waals surface area contributed by atoms with Crippen molar-refractivity contribution in [2.75, 3.05) is 13.7 Å². The van der Waals surface area contributed by atoms with Crippen molar-refractivity contribution in [3.63, 3.8) is 0 Å². The molecule has 0 saturated carbocycles. The lowest BCUT2D eigenvalue weighted by Crippen LogP contribution is -3.00. The van der Waals surface area contributed by atoms with E-state index in [0.29, 0.717) is 5.92 Å². The normalized spacial score (nSPS) is 9.87. The van der Waals surface area contributed by atoms with Crippen LogP contribution in [0.5, 0.6) is 5.75 Å². The van der Waals surface area contributed by atoms with E-state index in [0.717, 1.165) is 18.8 Å². The maximum atomic E-state index is 5.15. The molecule has 1 aromatic carbocycles. The van der Waals surface area contributed by atoms with Crippen LogP contribution >= 0.6 is 0 Å². The van der Waals surface area contributed by atoms with Gasteiger partial charge in [0.25, 0.3) is 0 Å². The fraction of sp³-hybridized carbons (Fsp3) is 0.500. The Morgan fingerprint density at radius 3 is 2.67 bits per heavy atom. The molecule has 0 amide bonds. The third-order valence-corrected chi connectivity index (χ3v) is 2.02. The second-order valence-corrected chi connectivity index (χ2v) is 3.88. The van der Waals surface area contributed by atoms with Crippen molar-refractivity contribution in [3.8, 4) is 5.75 Å². The Balaban J connectivity index is 0.00000196. The lowest BCUT2D eigenvalue weighted by molar-refractivity contribution is -0.00000348. The first-order chi connectivity index (χ1) is 6.72. The van der Waals surface area contributed by atoms with Crippen molar-refractivity contribution in [1.29, 1.82) is 0 Å². The van der Waals surface area contributed by atoms with Crippen molar-refractivity contribution in [2.45, 2.75) is 20.4 Å². The zero-order valence-electron chi connectivity index (χ0n) is 9.59. The van der Waals surface area contributed by atoms with Crippen molar-refractivity contribution in [2.24, 2.45) is 5.92 Å². The quantitative estimate of drug-likeness (QED) is 0.730. The molecule has 0 spiro atoms. The number of nitrogens with one attached hydrogen (secondary N) is 1. The summed E-state index contributed by atoms with van der Waals surface area (Å²) < 4.78 is 5.15. The molecule has 0 bridgehead atoms. The first kappa shape index (κ1) is 14.3. The van der Waals surface area contributed by atoms with Crippen LogP contribution in [0.2, 0.25) is 0 Å². The van der Waals surface area contributed by atoms with E-state index in [9.17, 15) is 0 Å². The molecule has 1 rings (SSSR count). The van der Waals surface area contributed by atoms with Gasteiger partial charge in [0.05, 0.1) is 7.11 Å². The zero-order chi connectivity index (χ0) is 10.4. The van der Waals surface area contributed by atoms with Gasteiger partial charge in [0.1, 0.15) is 5.75 Å². The molecule has 0 heterocycles. The van der Waals surface area contributed by atoms with E-state index >= 15 is 0 Å². The number of hydrogen-bond acceptors (Lipinski definition) is 2. The lowest BCUT2D eigenvalue weighted by Gasteiger charge is -2.08. The minimum atomic E-state index is 0. The molecule has 1 aromatic rings. The van der Waals surface area contributed by atoms with Gasteiger partial charge in [-0.05, 0) is 30.2 Å². The Morgan fingerprint density at radius 2 is 2.07 bits per heavy atom. The zero-order valence-corrected chi connectivity index (χ0v) is 10.3. The number of benzene rings is 1. The summed E-state index contributed by atoms with van der Waals surface area (Å²) in [6.45, 7) is 6.38. The highest BCUT2D eigenvalue weighted by atomic mass is 35.5. The van der Waals surface area contributed by atoms with Crippen molar-refractivity contribution in [1.82, 2.24) is 5.32 Å². The molecule has 0 aliphatic heterocycles. The summed E-state index contributed by atoms with van der Waals surface area (Å²) in [5, 5.41) is 3.40. The largest absolute Gasteiger partial charge is 1.00 e. The van der Waals surface area contributed by atoms with E-state index < -0.39 is 0 Å². The second kappa shape index (κ2) is 7.55. The number of halogens is 1. The summed E-state index contributed by atoms with van der Waals surface area (Å²) in [4.78, 5) is 0. The van der Waals surface area contributed by atoms with Gasteiger partial charge in [0.15, 0.2) is 0 Å². The molecule has 0 aliphatic rings. The van der Waals surface area contributed by atoms with Crippen LogP contribution in [0.1, 0.15) is 19.4 Å². The molecule has 2 nitrogen and oxygen atoms in total. The molecule has 0 aromatic heterocycles. The monoisotopic (exact) mass is 228 g/mol. The summed E-state index contributed by atoms with van der Waals surface area (Å²) in [7, 11) is 1.70. The summed E-state index contributed by atoms with van der Waals surface area (Å²) in [6.07, 6.45) is 0. The predicted molar refractivity (Wildman–Crippen MR) is 59.5 cm³/mol. The molecule has 15 heavy (non-hydrogen) atoms. The molecule has 1 N–H and O–H groups in total. The third kappa shape index (κ3) is 5.65. The topological polar surface area (TPSA) is 21.3 Å². The molecule has 0 radical (unpaired) electrons. The fourth-order valence-electron chi connectivity index (χ4n) is 1.29. The van der Waals surface area contributed by atoms with Crippen LogP contribution in [-0.2, 0) is 6.54 Å². The molecular weight excluding hydrogens is 210 g/mol. The van der Waals surface area contributed by atoms with Crippen LogP contribution in [0.15, 0.2) is 24.3 Å².